The molecule has 1 atom stereocenters. The summed E-state index contributed by atoms with van der Waals surface area (Å²) in [6, 6.07) is 16.5. The zero-order valence-corrected chi connectivity index (χ0v) is 16.4. The Hall–Kier alpha value is -2.53. The van der Waals surface area contributed by atoms with Crippen molar-refractivity contribution in [2.24, 2.45) is 5.92 Å². The number of nitrogens with zero attached hydrogens (tertiary/aromatic N) is 2. The van der Waals surface area contributed by atoms with Crippen LogP contribution in [0.1, 0.15) is 24.5 Å². The highest BCUT2D eigenvalue weighted by molar-refractivity contribution is 6.03. The number of amides is 1. The molecule has 0 bridgehead atoms. The fraction of sp³-hybridized carbons (Fsp3) is 0.391. The number of rotatable bonds is 7. The summed E-state index contributed by atoms with van der Waals surface area (Å²) in [5.74, 6) is -0.489. The number of carbonyl (C=O) groups is 1. The van der Waals surface area contributed by atoms with E-state index in [2.05, 4.69) is 4.90 Å². The summed E-state index contributed by atoms with van der Waals surface area (Å²) >= 11 is 0. The summed E-state index contributed by atoms with van der Waals surface area (Å²) in [5.41, 5.74) is 2.65. The first-order valence-corrected chi connectivity index (χ1v) is 9.93. The van der Waals surface area contributed by atoms with Crippen LogP contribution in [0.3, 0.4) is 0 Å². The van der Waals surface area contributed by atoms with Crippen molar-refractivity contribution in [1.29, 1.82) is 5.41 Å². The summed E-state index contributed by atoms with van der Waals surface area (Å²) in [4.78, 5) is 17.2. The topological polar surface area (TPSA) is 47.4 Å². The predicted molar refractivity (Wildman–Crippen MR) is 110 cm³/mol. The van der Waals surface area contributed by atoms with Gasteiger partial charge in [0.25, 0.3) is 0 Å². The third kappa shape index (κ3) is 5.26. The SMILES string of the molecule is CC[C@@H](C(=N)Cc1ccccc1)C(=O)N1CCN(Cc2ccc(F)cc2)CC1. The van der Waals surface area contributed by atoms with Crippen LogP contribution in [-0.2, 0) is 17.8 Å². The molecule has 148 valence electrons. The number of benzene rings is 2. The maximum atomic E-state index is 13.0. The molecule has 4 nitrogen and oxygen atoms in total. The predicted octanol–water partition coefficient (Wildman–Crippen LogP) is 3.76. The van der Waals surface area contributed by atoms with E-state index in [1.165, 1.54) is 12.1 Å². The molecule has 0 radical (unpaired) electrons. The molecule has 1 aliphatic rings. The normalized spacial score (nSPS) is 16.0. The second-order valence-electron chi connectivity index (χ2n) is 7.38. The summed E-state index contributed by atoms with van der Waals surface area (Å²) in [6.07, 6.45) is 1.18. The van der Waals surface area contributed by atoms with Crippen molar-refractivity contribution in [2.45, 2.75) is 26.3 Å². The molecule has 0 saturated carbocycles. The molecule has 28 heavy (non-hydrogen) atoms. The fourth-order valence-corrected chi connectivity index (χ4v) is 3.70. The third-order valence-corrected chi connectivity index (χ3v) is 5.37. The summed E-state index contributed by atoms with van der Waals surface area (Å²) in [6.45, 7) is 5.69. The highest BCUT2D eigenvalue weighted by atomic mass is 19.1. The second-order valence-corrected chi connectivity index (χ2v) is 7.38. The molecule has 1 fully saturated rings. The Bertz CT molecular complexity index is 783. The molecule has 3 rings (SSSR count). The third-order valence-electron chi connectivity index (χ3n) is 5.37. The lowest BCUT2D eigenvalue weighted by Crippen LogP contribution is -2.51. The lowest BCUT2D eigenvalue weighted by molar-refractivity contribution is -0.135. The second kappa shape index (κ2) is 9.60. The van der Waals surface area contributed by atoms with Crippen molar-refractivity contribution in [3.63, 3.8) is 0 Å². The Kier molecular flexibility index (Phi) is 6.93. The molecule has 1 heterocycles. The zero-order valence-electron chi connectivity index (χ0n) is 16.4. The van der Waals surface area contributed by atoms with Crippen molar-refractivity contribution in [1.82, 2.24) is 9.80 Å². The van der Waals surface area contributed by atoms with E-state index >= 15 is 0 Å². The molecule has 5 heteroatoms. The molecule has 0 spiro atoms. The molecular formula is C23H28FN3O. The number of halogens is 1. The van der Waals surface area contributed by atoms with Gasteiger partial charge in [0.05, 0.1) is 5.92 Å². The fourth-order valence-electron chi connectivity index (χ4n) is 3.70. The average molecular weight is 381 g/mol. The van der Waals surface area contributed by atoms with Crippen LogP contribution < -0.4 is 0 Å². The molecule has 1 amide bonds. The Morgan fingerprint density at radius 2 is 1.64 bits per heavy atom. The van der Waals surface area contributed by atoms with Crippen LogP contribution in [0, 0.1) is 17.1 Å². The van der Waals surface area contributed by atoms with E-state index in [9.17, 15) is 9.18 Å². The Morgan fingerprint density at radius 1 is 1.00 bits per heavy atom. The van der Waals surface area contributed by atoms with Crippen LogP contribution in [0.2, 0.25) is 0 Å². The van der Waals surface area contributed by atoms with Gasteiger partial charge in [-0.25, -0.2) is 4.39 Å². The van der Waals surface area contributed by atoms with Crippen LogP contribution in [0.5, 0.6) is 0 Å². The van der Waals surface area contributed by atoms with E-state index in [0.29, 0.717) is 31.6 Å². The molecule has 1 saturated heterocycles. The van der Waals surface area contributed by atoms with E-state index in [4.69, 9.17) is 5.41 Å². The molecule has 2 aromatic carbocycles. The van der Waals surface area contributed by atoms with Crippen molar-refractivity contribution in [3.8, 4) is 0 Å². The van der Waals surface area contributed by atoms with Gasteiger partial charge in [-0.05, 0) is 29.7 Å². The van der Waals surface area contributed by atoms with Gasteiger partial charge in [0, 0.05) is 44.9 Å². The summed E-state index contributed by atoms with van der Waals surface area (Å²) in [7, 11) is 0. The number of piperazine rings is 1. The minimum Gasteiger partial charge on any atom is -0.340 e. The molecule has 2 aromatic rings. The Labute approximate surface area is 166 Å². The maximum absolute atomic E-state index is 13.0. The lowest BCUT2D eigenvalue weighted by atomic mass is 9.93. The maximum Gasteiger partial charge on any atom is 0.231 e. The van der Waals surface area contributed by atoms with Gasteiger partial charge in [0.2, 0.25) is 5.91 Å². The van der Waals surface area contributed by atoms with Gasteiger partial charge in [0.15, 0.2) is 0 Å². The molecule has 0 aliphatic carbocycles. The largest absolute Gasteiger partial charge is 0.340 e. The molecule has 1 N–H and O–H groups in total. The van der Waals surface area contributed by atoms with E-state index in [1.54, 1.807) is 0 Å². The van der Waals surface area contributed by atoms with Crippen molar-refractivity contribution >= 4 is 11.6 Å². The summed E-state index contributed by atoms with van der Waals surface area (Å²) < 4.78 is 13.0. The van der Waals surface area contributed by atoms with E-state index in [-0.39, 0.29) is 17.6 Å². The van der Waals surface area contributed by atoms with Crippen molar-refractivity contribution < 1.29 is 9.18 Å². The van der Waals surface area contributed by atoms with E-state index in [1.807, 2.05) is 54.3 Å². The Balaban J connectivity index is 1.52. The number of hydrogen-bond acceptors (Lipinski definition) is 3. The van der Waals surface area contributed by atoms with Gasteiger partial charge in [-0.3, -0.25) is 9.69 Å². The first-order valence-electron chi connectivity index (χ1n) is 9.93. The van der Waals surface area contributed by atoms with E-state index < -0.39 is 0 Å². The smallest absolute Gasteiger partial charge is 0.231 e. The van der Waals surface area contributed by atoms with Gasteiger partial charge >= 0.3 is 0 Å². The highest BCUT2D eigenvalue weighted by Gasteiger charge is 2.29. The van der Waals surface area contributed by atoms with Crippen LogP contribution in [0.15, 0.2) is 54.6 Å². The zero-order chi connectivity index (χ0) is 19.9. The van der Waals surface area contributed by atoms with Gasteiger partial charge < -0.3 is 10.3 Å². The molecular weight excluding hydrogens is 353 g/mol. The quantitative estimate of drug-likeness (QED) is 0.743. The van der Waals surface area contributed by atoms with Gasteiger partial charge in [-0.15, -0.1) is 0 Å². The lowest BCUT2D eigenvalue weighted by Gasteiger charge is -2.36. The van der Waals surface area contributed by atoms with Crippen LogP contribution in [-0.4, -0.2) is 47.6 Å². The highest BCUT2D eigenvalue weighted by Crippen LogP contribution is 2.16. The first-order chi connectivity index (χ1) is 13.6. The van der Waals surface area contributed by atoms with Crippen molar-refractivity contribution in [2.75, 3.05) is 26.2 Å². The number of nitrogens with one attached hydrogen (secondary N) is 1. The van der Waals surface area contributed by atoms with Gasteiger partial charge in [-0.2, -0.15) is 0 Å². The monoisotopic (exact) mass is 381 g/mol. The van der Waals surface area contributed by atoms with Crippen molar-refractivity contribution in [3.05, 3.63) is 71.5 Å². The van der Waals surface area contributed by atoms with Gasteiger partial charge in [-0.1, -0.05) is 49.4 Å². The Morgan fingerprint density at radius 3 is 2.25 bits per heavy atom. The van der Waals surface area contributed by atoms with E-state index in [0.717, 1.165) is 30.8 Å². The molecule has 0 unspecified atom stereocenters. The van der Waals surface area contributed by atoms with Crippen LogP contribution >= 0.6 is 0 Å². The standard InChI is InChI=1S/C23H28FN3O/c1-2-21(22(25)16-18-6-4-3-5-7-18)23(28)27-14-12-26(13-15-27)17-19-8-10-20(24)11-9-19/h3-11,21,25H,2,12-17H2,1H3/t21-/m0/s1. The minimum absolute atomic E-state index is 0.0739. The first kappa shape index (κ1) is 20.2. The van der Waals surface area contributed by atoms with Crippen LogP contribution in [0.25, 0.3) is 0 Å². The molecule has 1 aliphatic heterocycles. The molecule has 0 aromatic heterocycles. The number of hydrogen-bond donors (Lipinski definition) is 1. The average Bonchev–Trinajstić information content (AvgIpc) is 2.71. The summed E-state index contributed by atoms with van der Waals surface area (Å²) in [5, 5.41) is 8.45. The number of carbonyl (C=O) groups excluding carboxylic acids is 1. The minimum atomic E-state index is -0.344. The van der Waals surface area contributed by atoms with Crippen LogP contribution in [0.4, 0.5) is 4.39 Å². The van der Waals surface area contributed by atoms with Gasteiger partial charge in [0.1, 0.15) is 5.82 Å².